The molecule has 0 radical (unpaired) electrons. The van der Waals surface area contributed by atoms with E-state index < -0.39 is 0 Å². The van der Waals surface area contributed by atoms with Crippen LogP contribution in [0.4, 0.5) is 5.69 Å². The van der Waals surface area contributed by atoms with Crippen molar-refractivity contribution in [3.63, 3.8) is 0 Å². The van der Waals surface area contributed by atoms with E-state index in [2.05, 4.69) is 48.7 Å². The SMILES string of the molecule is CCCCCNC(=S)Nc1ccc(CC)cc1. The normalized spacial score (nSPS) is 10.0. The minimum atomic E-state index is 0.713. The van der Waals surface area contributed by atoms with Crippen LogP contribution in [0, 0.1) is 0 Å². The predicted octanol–water partition coefficient (Wildman–Crippen LogP) is 3.73. The second kappa shape index (κ2) is 8.07. The zero-order valence-electron chi connectivity index (χ0n) is 10.8. The summed E-state index contributed by atoms with van der Waals surface area (Å²) in [4.78, 5) is 0. The second-order valence-corrected chi connectivity index (χ2v) is 4.55. The number of benzene rings is 1. The van der Waals surface area contributed by atoms with Crippen LogP contribution in [0.25, 0.3) is 0 Å². The standard InChI is InChI=1S/C14H22N2S/c1-3-5-6-11-15-14(17)16-13-9-7-12(4-2)8-10-13/h7-10H,3-6,11H2,1-2H3,(H2,15,16,17). The van der Waals surface area contributed by atoms with Crippen molar-refractivity contribution in [2.45, 2.75) is 39.5 Å². The van der Waals surface area contributed by atoms with Gasteiger partial charge >= 0.3 is 0 Å². The molecule has 0 bridgehead atoms. The smallest absolute Gasteiger partial charge is 0.170 e. The van der Waals surface area contributed by atoms with Gasteiger partial charge in [0.25, 0.3) is 0 Å². The monoisotopic (exact) mass is 250 g/mol. The van der Waals surface area contributed by atoms with Gasteiger partial charge in [-0.25, -0.2) is 0 Å². The number of aryl methyl sites for hydroxylation is 1. The van der Waals surface area contributed by atoms with Gasteiger partial charge in [0.05, 0.1) is 0 Å². The van der Waals surface area contributed by atoms with Crippen LogP contribution in [0.5, 0.6) is 0 Å². The van der Waals surface area contributed by atoms with Crippen LogP contribution in [0.15, 0.2) is 24.3 Å². The summed E-state index contributed by atoms with van der Waals surface area (Å²) in [7, 11) is 0. The van der Waals surface area contributed by atoms with Crippen molar-refractivity contribution in [2.24, 2.45) is 0 Å². The van der Waals surface area contributed by atoms with Crippen molar-refractivity contribution in [3.8, 4) is 0 Å². The summed E-state index contributed by atoms with van der Waals surface area (Å²) in [5.74, 6) is 0. The molecular formula is C14H22N2S. The first-order valence-electron chi connectivity index (χ1n) is 6.40. The summed E-state index contributed by atoms with van der Waals surface area (Å²) in [5.41, 5.74) is 2.40. The molecule has 0 fully saturated rings. The fourth-order valence-electron chi connectivity index (χ4n) is 1.58. The van der Waals surface area contributed by atoms with Crippen LogP contribution in [0.1, 0.15) is 38.7 Å². The summed E-state index contributed by atoms with van der Waals surface area (Å²) >= 11 is 5.22. The molecule has 3 heteroatoms. The third-order valence-corrected chi connectivity index (χ3v) is 2.93. The maximum absolute atomic E-state index is 5.22. The molecule has 0 aromatic heterocycles. The highest BCUT2D eigenvalue weighted by Gasteiger charge is 1.97. The van der Waals surface area contributed by atoms with E-state index in [1.807, 2.05) is 0 Å². The Bertz CT molecular complexity index is 333. The van der Waals surface area contributed by atoms with Crippen LogP contribution in [0.2, 0.25) is 0 Å². The molecule has 0 heterocycles. The van der Waals surface area contributed by atoms with Crippen LogP contribution in [0.3, 0.4) is 0 Å². The zero-order valence-corrected chi connectivity index (χ0v) is 11.6. The van der Waals surface area contributed by atoms with Gasteiger partial charge in [-0.15, -0.1) is 0 Å². The van der Waals surface area contributed by atoms with E-state index in [0.29, 0.717) is 5.11 Å². The van der Waals surface area contributed by atoms with Gasteiger partial charge in [-0.2, -0.15) is 0 Å². The van der Waals surface area contributed by atoms with Crippen LogP contribution in [-0.2, 0) is 6.42 Å². The Hall–Kier alpha value is -1.09. The maximum Gasteiger partial charge on any atom is 0.170 e. The highest BCUT2D eigenvalue weighted by Crippen LogP contribution is 2.09. The summed E-state index contributed by atoms with van der Waals surface area (Å²) in [6, 6.07) is 8.39. The van der Waals surface area contributed by atoms with Gasteiger partial charge in [-0.05, 0) is 42.8 Å². The average molecular weight is 250 g/mol. The maximum atomic E-state index is 5.22. The molecule has 0 aliphatic carbocycles. The third-order valence-electron chi connectivity index (χ3n) is 2.69. The molecule has 2 nitrogen and oxygen atoms in total. The molecule has 2 N–H and O–H groups in total. The molecule has 0 amide bonds. The van der Waals surface area contributed by atoms with Crippen molar-refractivity contribution >= 4 is 23.0 Å². The Kier molecular flexibility index (Phi) is 6.63. The summed E-state index contributed by atoms with van der Waals surface area (Å²) in [6.45, 7) is 5.31. The van der Waals surface area contributed by atoms with Crippen LogP contribution >= 0.6 is 12.2 Å². The number of hydrogen-bond donors (Lipinski definition) is 2. The first kappa shape index (κ1) is 14.0. The van der Waals surface area contributed by atoms with E-state index in [9.17, 15) is 0 Å². The van der Waals surface area contributed by atoms with Gasteiger partial charge in [0.1, 0.15) is 0 Å². The lowest BCUT2D eigenvalue weighted by atomic mass is 10.1. The molecule has 1 rings (SSSR count). The Morgan fingerprint density at radius 3 is 2.41 bits per heavy atom. The lowest BCUT2D eigenvalue weighted by molar-refractivity contribution is 0.698. The van der Waals surface area contributed by atoms with Gasteiger partial charge in [0.15, 0.2) is 5.11 Å². The highest BCUT2D eigenvalue weighted by atomic mass is 32.1. The lowest BCUT2D eigenvalue weighted by Crippen LogP contribution is -2.29. The van der Waals surface area contributed by atoms with Crippen molar-refractivity contribution in [2.75, 3.05) is 11.9 Å². The predicted molar refractivity (Wildman–Crippen MR) is 79.6 cm³/mol. The van der Waals surface area contributed by atoms with Gasteiger partial charge in [-0.1, -0.05) is 38.8 Å². The first-order chi connectivity index (χ1) is 8.26. The summed E-state index contributed by atoms with van der Waals surface area (Å²) in [5, 5.41) is 7.12. The third kappa shape index (κ3) is 5.68. The molecule has 0 unspecified atom stereocenters. The van der Waals surface area contributed by atoms with Crippen molar-refractivity contribution in [1.82, 2.24) is 5.32 Å². The van der Waals surface area contributed by atoms with Gasteiger partial charge in [-0.3, -0.25) is 0 Å². The molecule has 0 saturated carbocycles. The quantitative estimate of drug-likeness (QED) is 0.594. The fourth-order valence-corrected chi connectivity index (χ4v) is 1.80. The fraction of sp³-hybridized carbons (Fsp3) is 0.500. The molecule has 17 heavy (non-hydrogen) atoms. The summed E-state index contributed by atoms with van der Waals surface area (Å²) < 4.78 is 0. The molecule has 1 aromatic carbocycles. The van der Waals surface area contributed by atoms with Gasteiger partial charge in [0, 0.05) is 12.2 Å². The first-order valence-corrected chi connectivity index (χ1v) is 6.81. The minimum absolute atomic E-state index is 0.713. The van der Waals surface area contributed by atoms with Crippen molar-refractivity contribution in [3.05, 3.63) is 29.8 Å². The Labute approximate surface area is 110 Å². The molecule has 0 atom stereocenters. The number of anilines is 1. The molecule has 0 spiro atoms. The summed E-state index contributed by atoms with van der Waals surface area (Å²) in [6.07, 6.45) is 4.73. The van der Waals surface area contributed by atoms with Crippen LogP contribution < -0.4 is 10.6 Å². The minimum Gasteiger partial charge on any atom is -0.362 e. The van der Waals surface area contributed by atoms with E-state index >= 15 is 0 Å². The molecular weight excluding hydrogens is 228 g/mol. The highest BCUT2D eigenvalue weighted by molar-refractivity contribution is 7.80. The largest absolute Gasteiger partial charge is 0.362 e. The number of nitrogens with one attached hydrogen (secondary N) is 2. The van der Waals surface area contributed by atoms with E-state index in [1.54, 1.807) is 0 Å². The zero-order chi connectivity index (χ0) is 12.5. The molecule has 0 aliphatic heterocycles. The van der Waals surface area contributed by atoms with E-state index in [4.69, 9.17) is 12.2 Å². The molecule has 94 valence electrons. The Morgan fingerprint density at radius 1 is 1.12 bits per heavy atom. The number of hydrogen-bond acceptors (Lipinski definition) is 1. The molecule has 1 aromatic rings. The Balaban J connectivity index is 2.29. The number of thiocarbonyl (C=S) groups is 1. The topological polar surface area (TPSA) is 24.1 Å². The van der Waals surface area contributed by atoms with Gasteiger partial charge in [0.2, 0.25) is 0 Å². The van der Waals surface area contributed by atoms with Crippen molar-refractivity contribution < 1.29 is 0 Å². The van der Waals surface area contributed by atoms with Crippen LogP contribution in [-0.4, -0.2) is 11.7 Å². The molecule has 0 aliphatic rings. The number of rotatable bonds is 6. The molecule has 0 saturated heterocycles. The average Bonchev–Trinajstić information content (AvgIpc) is 2.36. The van der Waals surface area contributed by atoms with E-state index in [-0.39, 0.29) is 0 Å². The van der Waals surface area contributed by atoms with Gasteiger partial charge < -0.3 is 10.6 Å². The lowest BCUT2D eigenvalue weighted by Gasteiger charge is -2.10. The van der Waals surface area contributed by atoms with E-state index in [1.165, 1.54) is 24.8 Å². The number of unbranched alkanes of at least 4 members (excludes halogenated alkanes) is 2. The second-order valence-electron chi connectivity index (χ2n) is 4.14. The Morgan fingerprint density at radius 2 is 1.82 bits per heavy atom. The van der Waals surface area contributed by atoms with Crippen molar-refractivity contribution in [1.29, 1.82) is 0 Å². The van der Waals surface area contributed by atoms with E-state index in [0.717, 1.165) is 18.7 Å².